The number of benzene rings is 2. The highest BCUT2D eigenvalue weighted by molar-refractivity contribution is 5.89. The minimum Gasteiger partial charge on any atom is -0.491 e. The van der Waals surface area contributed by atoms with Gasteiger partial charge in [0.15, 0.2) is 0 Å². The molecule has 0 aromatic heterocycles. The minimum absolute atomic E-state index is 0.132. The van der Waals surface area contributed by atoms with Crippen molar-refractivity contribution in [2.24, 2.45) is 0 Å². The highest BCUT2D eigenvalue weighted by Gasteiger charge is 2.16. The first-order chi connectivity index (χ1) is 13.2. The first kappa shape index (κ1) is 19.2. The molecule has 0 spiro atoms. The molecule has 6 heteroatoms. The van der Waals surface area contributed by atoms with Gasteiger partial charge in [-0.05, 0) is 37.0 Å². The number of nitrogens with one attached hydrogen (secondary N) is 2. The van der Waals surface area contributed by atoms with E-state index in [4.69, 9.17) is 9.47 Å². The van der Waals surface area contributed by atoms with Crippen LogP contribution in [0.5, 0.6) is 5.75 Å². The lowest BCUT2D eigenvalue weighted by Crippen LogP contribution is -2.41. The van der Waals surface area contributed by atoms with Crippen molar-refractivity contribution in [1.29, 1.82) is 0 Å². The van der Waals surface area contributed by atoms with Gasteiger partial charge in [-0.25, -0.2) is 4.79 Å². The van der Waals surface area contributed by atoms with Gasteiger partial charge in [0.25, 0.3) is 0 Å². The van der Waals surface area contributed by atoms with Crippen LogP contribution in [0.2, 0.25) is 0 Å². The standard InChI is InChI=1S/C21H26N2O4/c24-14-18(12-16-6-2-1-3-7-16)23-21(25)22-17-8-4-9-19(13-17)27-15-20-10-5-11-26-20/h1-4,6-9,13,18,20,24H,5,10-12,14-15H2,(H2,22,23,25). The van der Waals surface area contributed by atoms with Gasteiger partial charge in [-0.3, -0.25) is 0 Å². The van der Waals surface area contributed by atoms with Crippen LogP contribution in [0, 0.1) is 0 Å². The molecule has 2 atom stereocenters. The van der Waals surface area contributed by atoms with Gasteiger partial charge in [-0.15, -0.1) is 0 Å². The van der Waals surface area contributed by atoms with Gasteiger partial charge in [0.05, 0.1) is 18.8 Å². The summed E-state index contributed by atoms with van der Waals surface area (Å²) in [6, 6.07) is 16.3. The molecule has 6 nitrogen and oxygen atoms in total. The van der Waals surface area contributed by atoms with Gasteiger partial charge in [0.1, 0.15) is 12.4 Å². The number of amides is 2. The van der Waals surface area contributed by atoms with E-state index in [0.29, 0.717) is 24.5 Å². The summed E-state index contributed by atoms with van der Waals surface area (Å²) in [6.45, 7) is 1.18. The van der Waals surface area contributed by atoms with Crippen molar-refractivity contribution in [2.45, 2.75) is 31.4 Å². The Morgan fingerprint density at radius 1 is 1.22 bits per heavy atom. The molecule has 1 fully saturated rings. The summed E-state index contributed by atoms with van der Waals surface area (Å²) in [7, 11) is 0. The van der Waals surface area contributed by atoms with Gasteiger partial charge in [-0.1, -0.05) is 36.4 Å². The maximum absolute atomic E-state index is 12.3. The Morgan fingerprint density at radius 3 is 2.81 bits per heavy atom. The molecular weight excluding hydrogens is 344 g/mol. The van der Waals surface area contributed by atoms with Crippen molar-refractivity contribution >= 4 is 11.7 Å². The quantitative estimate of drug-likeness (QED) is 0.667. The first-order valence-corrected chi connectivity index (χ1v) is 9.29. The summed E-state index contributed by atoms with van der Waals surface area (Å²) in [4.78, 5) is 12.3. The third-order valence-corrected chi connectivity index (χ3v) is 4.43. The van der Waals surface area contributed by atoms with E-state index in [0.717, 1.165) is 25.0 Å². The number of rotatable bonds is 8. The van der Waals surface area contributed by atoms with E-state index in [-0.39, 0.29) is 24.8 Å². The molecule has 2 aromatic rings. The van der Waals surface area contributed by atoms with Crippen LogP contribution in [0.1, 0.15) is 18.4 Å². The average molecular weight is 370 g/mol. The van der Waals surface area contributed by atoms with Crippen molar-refractivity contribution < 1.29 is 19.4 Å². The predicted octanol–water partition coefficient (Wildman–Crippen LogP) is 2.97. The molecule has 1 aliphatic heterocycles. The molecule has 0 saturated carbocycles. The molecule has 2 amide bonds. The summed E-state index contributed by atoms with van der Waals surface area (Å²) in [5.74, 6) is 0.686. The van der Waals surface area contributed by atoms with Gasteiger partial charge >= 0.3 is 6.03 Å². The highest BCUT2D eigenvalue weighted by atomic mass is 16.5. The SMILES string of the molecule is O=C(Nc1cccc(OCC2CCCO2)c1)NC(CO)Cc1ccccc1. The Labute approximate surface area is 159 Å². The molecule has 1 saturated heterocycles. The normalized spacial score (nSPS) is 17.3. The van der Waals surface area contributed by atoms with Gasteiger partial charge in [0.2, 0.25) is 0 Å². The third-order valence-electron chi connectivity index (χ3n) is 4.43. The molecule has 2 unspecified atom stereocenters. The van der Waals surface area contributed by atoms with Crippen LogP contribution in [0.4, 0.5) is 10.5 Å². The van der Waals surface area contributed by atoms with E-state index in [1.165, 1.54) is 0 Å². The number of hydrogen-bond donors (Lipinski definition) is 3. The summed E-state index contributed by atoms with van der Waals surface area (Å²) in [5, 5.41) is 15.1. The molecule has 0 bridgehead atoms. The summed E-state index contributed by atoms with van der Waals surface area (Å²) in [6.07, 6.45) is 2.80. The van der Waals surface area contributed by atoms with E-state index < -0.39 is 0 Å². The number of urea groups is 1. The number of anilines is 1. The molecule has 2 aromatic carbocycles. The zero-order valence-corrected chi connectivity index (χ0v) is 15.3. The average Bonchev–Trinajstić information content (AvgIpc) is 3.20. The topological polar surface area (TPSA) is 79.8 Å². The van der Waals surface area contributed by atoms with Crippen LogP contribution in [-0.2, 0) is 11.2 Å². The Hall–Kier alpha value is -2.57. The second kappa shape index (κ2) is 9.94. The van der Waals surface area contributed by atoms with E-state index >= 15 is 0 Å². The Bertz CT molecular complexity index is 717. The Morgan fingerprint density at radius 2 is 2.07 bits per heavy atom. The van der Waals surface area contributed by atoms with Crippen LogP contribution in [0.3, 0.4) is 0 Å². The number of carbonyl (C=O) groups is 1. The fourth-order valence-electron chi connectivity index (χ4n) is 3.04. The molecule has 3 N–H and O–H groups in total. The lowest BCUT2D eigenvalue weighted by atomic mass is 10.1. The third kappa shape index (κ3) is 6.27. The minimum atomic E-state index is -0.360. The van der Waals surface area contributed by atoms with Gasteiger partial charge < -0.3 is 25.2 Å². The lowest BCUT2D eigenvalue weighted by Gasteiger charge is -2.17. The second-order valence-corrected chi connectivity index (χ2v) is 6.64. The predicted molar refractivity (Wildman–Crippen MR) is 104 cm³/mol. The second-order valence-electron chi connectivity index (χ2n) is 6.64. The van der Waals surface area contributed by atoms with Crippen LogP contribution >= 0.6 is 0 Å². The fraction of sp³-hybridized carbons (Fsp3) is 0.381. The van der Waals surface area contributed by atoms with Crippen molar-refractivity contribution in [2.75, 3.05) is 25.1 Å². The van der Waals surface area contributed by atoms with E-state index in [1.807, 2.05) is 42.5 Å². The zero-order chi connectivity index (χ0) is 18.9. The lowest BCUT2D eigenvalue weighted by molar-refractivity contribution is 0.0680. The van der Waals surface area contributed by atoms with Crippen LogP contribution < -0.4 is 15.4 Å². The summed E-state index contributed by atoms with van der Waals surface area (Å²) >= 11 is 0. The number of ether oxygens (including phenoxy) is 2. The van der Waals surface area contributed by atoms with Crippen molar-refractivity contribution in [1.82, 2.24) is 5.32 Å². The molecular formula is C21H26N2O4. The largest absolute Gasteiger partial charge is 0.491 e. The molecule has 0 radical (unpaired) electrons. The number of hydrogen-bond acceptors (Lipinski definition) is 4. The monoisotopic (exact) mass is 370 g/mol. The van der Waals surface area contributed by atoms with E-state index in [9.17, 15) is 9.90 Å². The maximum atomic E-state index is 12.3. The Balaban J connectivity index is 1.49. The zero-order valence-electron chi connectivity index (χ0n) is 15.3. The number of aliphatic hydroxyl groups is 1. The van der Waals surface area contributed by atoms with E-state index in [2.05, 4.69) is 10.6 Å². The molecule has 0 aliphatic carbocycles. The first-order valence-electron chi connectivity index (χ1n) is 9.29. The van der Waals surface area contributed by atoms with E-state index in [1.54, 1.807) is 12.1 Å². The van der Waals surface area contributed by atoms with Crippen molar-refractivity contribution in [3.8, 4) is 5.75 Å². The molecule has 1 aliphatic rings. The van der Waals surface area contributed by atoms with Gasteiger partial charge in [0, 0.05) is 18.4 Å². The Kier molecular flexibility index (Phi) is 7.07. The van der Waals surface area contributed by atoms with Crippen LogP contribution in [0.25, 0.3) is 0 Å². The number of carbonyl (C=O) groups excluding carboxylic acids is 1. The highest BCUT2D eigenvalue weighted by Crippen LogP contribution is 2.19. The van der Waals surface area contributed by atoms with Crippen LogP contribution in [0.15, 0.2) is 54.6 Å². The molecule has 144 valence electrons. The fourth-order valence-corrected chi connectivity index (χ4v) is 3.04. The maximum Gasteiger partial charge on any atom is 0.319 e. The van der Waals surface area contributed by atoms with Crippen molar-refractivity contribution in [3.05, 3.63) is 60.2 Å². The molecule has 27 heavy (non-hydrogen) atoms. The van der Waals surface area contributed by atoms with Crippen LogP contribution in [-0.4, -0.2) is 43.1 Å². The smallest absolute Gasteiger partial charge is 0.319 e. The van der Waals surface area contributed by atoms with Gasteiger partial charge in [-0.2, -0.15) is 0 Å². The molecule has 3 rings (SSSR count). The number of aliphatic hydroxyl groups excluding tert-OH is 1. The van der Waals surface area contributed by atoms with Crippen molar-refractivity contribution in [3.63, 3.8) is 0 Å². The summed E-state index contributed by atoms with van der Waals surface area (Å²) < 4.78 is 11.3. The summed E-state index contributed by atoms with van der Waals surface area (Å²) in [5.41, 5.74) is 1.69. The molecule has 1 heterocycles.